The molecule has 2 unspecified atom stereocenters. The van der Waals surface area contributed by atoms with Gasteiger partial charge < -0.3 is 10.1 Å². The Bertz CT molecular complexity index is 224. The number of methoxy groups -OCH3 is 1. The van der Waals surface area contributed by atoms with Crippen LogP contribution in [0.25, 0.3) is 0 Å². The zero-order valence-corrected chi connectivity index (χ0v) is 11.5. The van der Waals surface area contributed by atoms with Crippen molar-refractivity contribution in [2.75, 3.05) is 7.11 Å². The highest BCUT2D eigenvalue weighted by Crippen LogP contribution is 2.28. The summed E-state index contributed by atoms with van der Waals surface area (Å²) in [4.78, 5) is 11.2. The molecule has 1 rings (SSSR count). The van der Waals surface area contributed by atoms with Crippen molar-refractivity contribution in [1.29, 1.82) is 0 Å². The van der Waals surface area contributed by atoms with Gasteiger partial charge in [0.05, 0.1) is 13.5 Å². The van der Waals surface area contributed by atoms with Gasteiger partial charge in [0.2, 0.25) is 0 Å². The first-order chi connectivity index (χ1) is 8.17. The number of rotatable bonds is 6. The third kappa shape index (κ3) is 5.07. The maximum atomic E-state index is 11.2. The van der Waals surface area contributed by atoms with Gasteiger partial charge in [0.25, 0.3) is 0 Å². The van der Waals surface area contributed by atoms with Crippen LogP contribution in [0.5, 0.6) is 0 Å². The van der Waals surface area contributed by atoms with Crippen LogP contribution in [0.4, 0.5) is 0 Å². The number of ether oxygens (including phenoxy) is 1. The predicted molar refractivity (Wildman–Crippen MR) is 69.9 cm³/mol. The Morgan fingerprint density at radius 3 is 2.53 bits per heavy atom. The summed E-state index contributed by atoms with van der Waals surface area (Å²) >= 11 is 0. The monoisotopic (exact) mass is 241 g/mol. The van der Waals surface area contributed by atoms with Crippen LogP contribution < -0.4 is 5.32 Å². The molecule has 2 atom stereocenters. The van der Waals surface area contributed by atoms with E-state index < -0.39 is 0 Å². The van der Waals surface area contributed by atoms with E-state index in [4.69, 9.17) is 4.74 Å². The molecule has 0 saturated heterocycles. The molecule has 3 heteroatoms. The molecule has 1 aliphatic carbocycles. The summed E-state index contributed by atoms with van der Waals surface area (Å²) in [5.74, 6) is 0.678. The van der Waals surface area contributed by atoms with Crippen LogP contribution in [0.1, 0.15) is 58.8 Å². The second-order valence-electron chi connectivity index (χ2n) is 5.26. The van der Waals surface area contributed by atoms with Crippen LogP contribution in [0, 0.1) is 5.92 Å². The predicted octanol–water partition coefficient (Wildman–Crippen LogP) is 2.89. The molecular formula is C14H27NO2. The second-order valence-corrected chi connectivity index (χ2v) is 5.26. The lowest BCUT2D eigenvalue weighted by Crippen LogP contribution is -2.42. The third-order valence-electron chi connectivity index (χ3n) is 3.86. The van der Waals surface area contributed by atoms with Crippen molar-refractivity contribution in [1.82, 2.24) is 5.32 Å². The number of carbonyl (C=O) groups excluding carboxylic acids is 1. The summed E-state index contributed by atoms with van der Waals surface area (Å²) in [6.07, 6.45) is 8.44. The lowest BCUT2D eigenvalue weighted by atomic mass is 9.82. The highest BCUT2D eigenvalue weighted by atomic mass is 16.5. The minimum atomic E-state index is -0.122. The maximum Gasteiger partial charge on any atom is 0.307 e. The standard InChI is InChI=1S/C14H27NO2/c1-4-13(12-8-6-5-7-9-12)15-11(2)10-14(16)17-3/h11-13,15H,4-10H2,1-3H3. The maximum absolute atomic E-state index is 11.2. The van der Waals surface area contributed by atoms with E-state index in [2.05, 4.69) is 19.2 Å². The Kier molecular flexibility index (Phi) is 6.56. The molecule has 0 aliphatic heterocycles. The van der Waals surface area contributed by atoms with Gasteiger partial charge in [-0.15, -0.1) is 0 Å². The Morgan fingerprint density at radius 2 is 2.00 bits per heavy atom. The van der Waals surface area contributed by atoms with Crippen molar-refractivity contribution in [2.45, 2.75) is 70.9 Å². The van der Waals surface area contributed by atoms with E-state index in [-0.39, 0.29) is 12.0 Å². The second kappa shape index (κ2) is 7.70. The Hall–Kier alpha value is -0.570. The summed E-state index contributed by atoms with van der Waals surface area (Å²) in [6.45, 7) is 4.31. The average molecular weight is 241 g/mol. The largest absolute Gasteiger partial charge is 0.469 e. The van der Waals surface area contributed by atoms with E-state index in [9.17, 15) is 4.79 Å². The lowest BCUT2D eigenvalue weighted by molar-refractivity contribution is -0.141. The molecule has 1 aliphatic rings. The van der Waals surface area contributed by atoms with Gasteiger partial charge in [-0.3, -0.25) is 4.79 Å². The Morgan fingerprint density at radius 1 is 1.35 bits per heavy atom. The zero-order chi connectivity index (χ0) is 12.7. The minimum Gasteiger partial charge on any atom is -0.469 e. The van der Waals surface area contributed by atoms with E-state index in [0.29, 0.717) is 12.5 Å². The SMILES string of the molecule is CCC(NC(C)CC(=O)OC)C1CCCCC1. The van der Waals surface area contributed by atoms with E-state index in [1.165, 1.54) is 39.2 Å². The molecule has 0 radical (unpaired) electrons. The molecular weight excluding hydrogens is 214 g/mol. The quantitative estimate of drug-likeness (QED) is 0.727. The summed E-state index contributed by atoms with van der Waals surface area (Å²) in [6, 6.07) is 0.782. The van der Waals surface area contributed by atoms with Crippen LogP contribution in [0.15, 0.2) is 0 Å². The number of esters is 1. The fraction of sp³-hybridized carbons (Fsp3) is 0.929. The van der Waals surface area contributed by atoms with Crippen molar-refractivity contribution in [3.05, 3.63) is 0 Å². The molecule has 100 valence electrons. The van der Waals surface area contributed by atoms with Crippen molar-refractivity contribution in [3.63, 3.8) is 0 Å². The van der Waals surface area contributed by atoms with Crippen molar-refractivity contribution >= 4 is 5.97 Å². The topological polar surface area (TPSA) is 38.3 Å². The number of hydrogen-bond donors (Lipinski definition) is 1. The minimum absolute atomic E-state index is 0.122. The molecule has 1 fully saturated rings. The highest BCUT2D eigenvalue weighted by Gasteiger charge is 2.23. The van der Waals surface area contributed by atoms with Crippen LogP contribution in [0.3, 0.4) is 0 Å². The highest BCUT2D eigenvalue weighted by molar-refractivity contribution is 5.69. The van der Waals surface area contributed by atoms with Gasteiger partial charge in [-0.1, -0.05) is 26.2 Å². The van der Waals surface area contributed by atoms with Crippen molar-refractivity contribution in [3.8, 4) is 0 Å². The third-order valence-corrected chi connectivity index (χ3v) is 3.86. The Labute approximate surface area is 105 Å². The van der Waals surface area contributed by atoms with Gasteiger partial charge in [-0.25, -0.2) is 0 Å². The number of hydrogen-bond acceptors (Lipinski definition) is 3. The zero-order valence-electron chi connectivity index (χ0n) is 11.5. The van der Waals surface area contributed by atoms with Gasteiger partial charge in [-0.05, 0) is 32.1 Å². The fourth-order valence-corrected chi connectivity index (χ4v) is 2.88. The van der Waals surface area contributed by atoms with E-state index in [1.807, 2.05) is 0 Å². The van der Waals surface area contributed by atoms with Gasteiger partial charge >= 0.3 is 5.97 Å². The fourth-order valence-electron chi connectivity index (χ4n) is 2.88. The summed E-state index contributed by atoms with van der Waals surface area (Å²) in [7, 11) is 1.45. The first kappa shape index (κ1) is 14.5. The first-order valence-corrected chi connectivity index (χ1v) is 7.00. The van der Waals surface area contributed by atoms with Crippen molar-refractivity contribution < 1.29 is 9.53 Å². The van der Waals surface area contributed by atoms with Gasteiger partial charge in [0.15, 0.2) is 0 Å². The molecule has 0 aromatic rings. The molecule has 17 heavy (non-hydrogen) atoms. The summed E-state index contributed by atoms with van der Waals surface area (Å²) in [5.41, 5.74) is 0. The Balaban J connectivity index is 2.36. The van der Waals surface area contributed by atoms with Gasteiger partial charge in [-0.2, -0.15) is 0 Å². The molecule has 0 aromatic heterocycles. The smallest absolute Gasteiger partial charge is 0.307 e. The van der Waals surface area contributed by atoms with E-state index in [1.54, 1.807) is 0 Å². The molecule has 0 spiro atoms. The molecule has 3 nitrogen and oxygen atoms in total. The number of carbonyl (C=O) groups is 1. The molecule has 0 bridgehead atoms. The van der Waals surface area contributed by atoms with Crippen LogP contribution in [-0.2, 0) is 9.53 Å². The molecule has 0 heterocycles. The molecule has 1 saturated carbocycles. The number of nitrogens with one attached hydrogen (secondary N) is 1. The van der Waals surface area contributed by atoms with Crippen LogP contribution in [0.2, 0.25) is 0 Å². The first-order valence-electron chi connectivity index (χ1n) is 7.00. The van der Waals surface area contributed by atoms with Crippen LogP contribution in [-0.4, -0.2) is 25.2 Å². The van der Waals surface area contributed by atoms with Crippen molar-refractivity contribution in [2.24, 2.45) is 5.92 Å². The van der Waals surface area contributed by atoms with Gasteiger partial charge in [0, 0.05) is 12.1 Å². The normalized spacial score (nSPS) is 20.9. The average Bonchev–Trinajstić information content (AvgIpc) is 2.36. The lowest BCUT2D eigenvalue weighted by Gasteiger charge is -2.32. The molecule has 1 N–H and O–H groups in total. The molecule has 0 aromatic carbocycles. The molecule has 0 amide bonds. The summed E-state index contributed by atoms with van der Waals surface area (Å²) < 4.78 is 4.70. The van der Waals surface area contributed by atoms with E-state index >= 15 is 0 Å². The van der Waals surface area contributed by atoms with Gasteiger partial charge in [0.1, 0.15) is 0 Å². The van der Waals surface area contributed by atoms with E-state index in [0.717, 1.165) is 12.3 Å². The summed E-state index contributed by atoms with van der Waals surface area (Å²) in [5, 5.41) is 3.60. The van der Waals surface area contributed by atoms with Crippen LogP contribution >= 0.6 is 0 Å².